The van der Waals surface area contributed by atoms with Gasteiger partial charge in [0.05, 0.1) is 12.6 Å². The molecule has 7 heteroatoms. The number of carbonyl (C=O) groups is 2. The maximum atomic E-state index is 12.6. The van der Waals surface area contributed by atoms with Crippen LogP contribution in [0.3, 0.4) is 0 Å². The van der Waals surface area contributed by atoms with Gasteiger partial charge in [0.15, 0.2) is 11.4 Å². The van der Waals surface area contributed by atoms with Crippen LogP contribution in [-0.4, -0.2) is 28.0 Å². The normalized spacial score (nSPS) is 23.1. The lowest BCUT2D eigenvalue weighted by Crippen LogP contribution is -2.51. The van der Waals surface area contributed by atoms with E-state index in [4.69, 9.17) is 6.57 Å². The zero-order chi connectivity index (χ0) is 20.7. The Kier molecular flexibility index (Phi) is 4.71. The summed E-state index contributed by atoms with van der Waals surface area (Å²) in [6.45, 7) is 11.1. The van der Waals surface area contributed by atoms with Gasteiger partial charge in [0.2, 0.25) is 5.91 Å². The number of amides is 1. The van der Waals surface area contributed by atoms with E-state index in [9.17, 15) is 14.7 Å². The molecule has 3 atom stereocenters. The van der Waals surface area contributed by atoms with E-state index in [2.05, 4.69) is 22.1 Å². The number of pyridine rings is 1. The summed E-state index contributed by atoms with van der Waals surface area (Å²) < 4.78 is 0. The number of hydrogen-bond acceptors (Lipinski definition) is 4. The Balaban J connectivity index is 1.81. The van der Waals surface area contributed by atoms with Crippen LogP contribution >= 0.6 is 0 Å². The molecule has 0 unspecified atom stereocenters. The van der Waals surface area contributed by atoms with Gasteiger partial charge in [-0.25, -0.2) is 14.6 Å². The summed E-state index contributed by atoms with van der Waals surface area (Å²) in [7, 11) is 0. The molecular weight excluding hydrogens is 368 g/mol. The number of rotatable bonds is 4. The Morgan fingerprint density at radius 2 is 2.03 bits per heavy atom. The first-order valence-electron chi connectivity index (χ1n) is 9.68. The molecule has 4 rings (SSSR count). The van der Waals surface area contributed by atoms with Crippen LogP contribution in [0, 0.1) is 18.4 Å². The molecule has 2 aliphatic rings. The molecule has 1 amide bonds. The highest BCUT2D eigenvalue weighted by Crippen LogP contribution is 2.50. The average Bonchev–Trinajstić information content (AvgIpc) is 3.54. The lowest BCUT2D eigenvalue weighted by atomic mass is 9.79. The first-order chi connectivity index (χ1) is 13.9. The first kappa shape index (κ1) is 18.9. The number of anilines is 2. The molecule has 1 aliphatic heterocycles. The third-order valence-corrected chi connectivity index (χ3v) is 5.81. The summed E-state index contributed by atoms with van der Waals surface area (Å²) in [5.41, 5.74) is 2.15. The van der Waals surface area contributed by atoms with Crippen LogP contribution in [0.2, 0.25) is 0 Å². The summed E-state index contributed by atoms with van der Waals surface area (Å²) in [6.07, 6.45) is 2.18. The van der Waals surface area contributed by atoms with Crippen molar-refractivity contribution in [2.24, 2.45) is 11.8 Å². The Morgan fingerprint density at radius 3 is 2.66 bits per heavy atom. The van der Waals surface area contributed by atoms with Crippen LogP contribution in [0.25, 0.3) is 4.85 Å². The van der Waals surface area contributed by atoms with Crippen molar-refractivity contribution in [1.29, 1.82) is 0 Å². The molecule has 0 spiro atoms. The van der Waals surface area contributed by atoms with Gasteiger partial charge < -0.3 is 15.3 Å². The van der Waals surface area contributed by atoms with E-state index in [1.165, 1.54) is 6.07 Å². The van der Waals surface area contributed by atoms with Crippen molar-refractivity contribution >= 4 is 29.1 Å². The molecular formula is C22H22N4O3. The van der Waals surface area contributed by atoms with Crippen LogP contribution in [0.5, 0.6) is 0 Å². The number of nitrogens with zero attached hydrogens (tertiary/aromatic N) is 3. The van der Waals surface area contributed by atoms with Gasteiger partial charge in [-0.05, 0) is 48.6 Å². The van der Waals surface area contributed by atoms with Gasteiger partial charge >= 0.3 is 5.97 Å². The van der Waals surface area contributed by atoms with Gasteiger partial charge in [-0.2, -0.15) is 0 Å². The minimum Gasteiger partial charge on any atom is -0.477 e. The molecule has 0 saturated heterocycles. The van der Waals surface area contributed by atoms with Crippen LogP contribution < -0.4 is 10.2 Å². The fraction of sp³-hybridized carbons (Fsp3) is 0.364. The number of carboxylic acid groups (broad SMARTS) is 1. The van der Waals surface area contributed by atoms with Crippen LogP contribution in [-0.2, 0) is 4.79 Å². The Labute approximate surface area is 169 Å². The van der Waals surface area contributed by atoms with E-state index >= 15 is 0 Å². The van der Waals surface area contributed by atoms with Gasteiger partial charge in [0, 0.05) is 24.6 Å². The lowest BCUT2D eigenvalue weighted by Gasteiger charge is -2.46. The highest BCUT2D eigenvalue weighted by Gasteiger charge is 2.47. The second-order valence-electron chi connectivity index (χ2n) is 7.77. The minimum atomic E-state index is -1.08. The number of carboxylic acids is 1. The predicted molar refractivity (Wildman–Crippen MR) is 109 cm³/mol. The molecule has 1 fully saturated rings. The smallest absolute Gasteiger partial charge is 0.354 e. The zero-order valence-electron chi connectivity index (χ0n) is 16.3. The highest BCUT2D eigenvalue weighted by molar-refractivity contribution is 5.94. The molecule has 1 aromatic heterocycles. The van der Waals surface area contributed by atoms with E-state index in [0.29, 0.717) is 17.4 Å². The average molecular weight is 390 g/mol. The highest BCUT2D eigenvalue weighted by atomic mass is 16.4. The van der Waals surface area contributed by atoms with Crippen molar-refractivity contribution in [3.05, 3.63) is 59.1 Å². The number of fused-ring (bicyclic) bond motifs is 1. The van der Waals surface area contributed by atoms with E-state index in [0.717, 1.165) is 24.1 Å². The second kappa shape index (κ2) is 7.21. The largest absolute Gasteiger partial charge is 0.477 e. The lowest BCUT2D eigenvalue weighted by molar-refractivity contribution is -0.117. The molecule has 0 bridgehead atoms. The van der Waals surface area contributed by atoms with Gasteiger partial charge in [-0.15, -0.1) is 0 Å². The standard InChI is InChI=1S/C22H22N4O3/c1-12-20(25-19-6-4-5-17(24-19)22(28)29)16-11-15(23-3)9-10-18(16)26(13(2)27)21(12)14-7-8-14/h4-6,9-12,14,20-21H,7-8H2,1-2H3,(H,24,25)(H,28,29)/t12-,20-,21-/m1/s1. The van der Waals surface area contributed by atoms with Crippen molar-refractivity contribution in [2.45, 2.75) is 38.8 Å². The third-order valence-electron chi connectivity index (χ3n) is 5.81. The van der Waals surface area contributed by atoms with Crippen molar-refractivity contribution in [3.63, 3.8) is 0 Å². The van der Waals surface area contributed by atoms with E-state index in [-0.39, 0.29) is 29.6 Å². The Bertz CT molecular complexity index is 1020. The number of benzene rings is 1. The summed E-state index contributed by atoms with van der Waals surface area (Å²) in [5, 5.41) is 12.6. The molecule has 1 aliphatic carbocycles. The molecule has 2 aromatic rings. The SMILES string of the molecule is [C-]#[N+]c1ccc2c(c1)[C@H](Nc1cccc(C(=O)O)n1)[C@@H](C)[C@H](C1CC1)N2C(C)=O. The molecule has 2 N–H and O–H groups in total. The molecule has 29 heavy (non-hydrogen) atoms. The van der Waals surface area contributed by atoms with E-state index in [1.54, 1.807) is 25.1 Å². The first-order valence-corrected chi connectivity index (χ1v) is 9.68. The number of aromatic carboxylic acids is 1. The van der Waals surface area contributed by atoms with Crippen molar-refractivity contribution in [3.8, 4) is 0 Å². The number of carbonyl (C=O) groups excluding carboxylic acids is 1. The van der Waals surface area contributed by atoms with Gasteiger partial charge in [-0.3, -0.25) is 4.79 Å². The summed E-state index contributed by atoms with van der Waals surface area (Å²) in [4.78, 5) is 33.5. The van der Waals surface area contributed by atoms with Gasteiger partial charge in [-0.1, -0.05) is 19.1 Å². The van der Waals surface area contributed by atoms with Gasteiger partial charge in [0.25, 0.3) is 0 Å². The minimum absolute atomic E-state index is 0.00462. The fourth-order valence-corrected chi connectivity index (χ4v) is 4.42. The topological polar surface area (TPSA) is 86.9 Å². The molecule has 148 valence electrons. The van der Waals surface area contributed by atoms with Crippen LogP contribution in [0.4, 0.5) is 17.2 Å². The van der Waals surface area contributed by atoms with Crippen molar-refractivity contribution in [1.82, 2.24) is 4.98 Å². The molecule has 0 radical (unpaired) electrons. The Hall–Kier alpha value is -3.40. The quantitative estimate of drug-likeness (QED) is 0.762. The summed E-state index contributed by atoms with van der Waals surface area (Å²) in [5.74, 6) is -0.109. The third kappa shape index (κ3) is 3.42. The summed E-state index contributed by atoms with van der Waals surface area (Å²) in [6, 6.07) is 10.1. The van der Waals surface area contributed by atoms with E-state index in [1.807, 2.05) is 17.0 Å². The second-order valence-corrected chi connectivity index (χ2v) is 7.77. The number of aromatic nitrogens is 1. The zero-order valence-corrected chi connectivity index (χ0v) is 16.3. The fourth-order valence-electron chi connectivity index (χ4n) is 4.42. The molecule has 1 saturated carbocycles. The predicted octanol–water partition coefficient (Wildman–Crippen LogP) is 4.26. The Morgan fingerprint density at radius 1 is 1.28 bits per heavy atom. The van der Waals surface area contributed by atoms with Crippen LogP contribution in [0.15, 0.2) is 36.4 Å². The number of nitrogens with one attached hydrogen (secondary N) is 1. The maximum Gasteiger partial charge on any atom is 0.354 e. The van der Waals surface area contributed by atoms with Crippen LogP contribution in [0.1, 0.15) is 48.8 Å². The summed E-state index contributed by atoms with van der Waals surface area (Å²) >= 11 is 0. The van der Waals surface area contributed by atoms with E-state index < -0.39 is 5.97 Å². The molecule has 7 nitrogen and oxygen atoms in total. The van der Waals surface area contributed by atoms with Crippen molar-refractivity contribution in [2.75, 3.05) is 10.2 Å². The molecule has 1 aromatic carbocycles. The molecule has 2 heterocycles. The monoisotopic (exact) mass is 390 g/mol. The number of hydrogen-bond donors (Lipinski definition) is 2. The maximum absolute atomic E-state index is 12.6. The van der Waals surface area contributed by atoms with Crippen molar-refractivity contribution < 1.29 is 14.7 Å². The van der Waals surface area contributed by atoms with Gasteiger partial charge in [0.1, 0.15) is 5.82 Å².